The van der Waals surface area contributed by atoms with Crippen molar-refractivity contribution in [3.8, 4) is 5.75 Å². The van der Waals surface area contributed by atoms with Gasteiger partial charge in [-0.05, 0) is 24.6 Å². The Morgan fingerprint density at radius 1 is 1.38 bits per heavy atom. The normalized spacial score (nSPS) is 20.2. The van der Waals surface area contributed by atoms with Gasteiger partial charge in [-0.2, -0.15) is 4.39 Å². The molecular formula is C17H17FN4O2. The van der Waals surface area contributed by atoms with Crippen LogP contribution in [0.3, 0.4) is 0 Å². The Kier molecular flexibility index (Phi) is 3.30. The number of ether oxygens (including phenoxy) is 1. The number of halogens is 1. The van der Waals surface area contributed by atoms with Gasteiger partial charge in [-0.3, -0.25) is 14.7 Å². The fourth-order valence-electron chi connectivity index (χ4n) is 3.03. The van der Waals surface area contributed by atoms with Crippen LogP contribution in [-0.2, 0) is 4.79 Å². The van der Waals surface area contributed by atoms with Crippen LogP contribution >= 0.6 is 0 Å². The second-order valence-corrected chi connectivity index (χ2v) is 5.89. The molecule has 1 aromatic rings. The highest BCUT2D eigenvalue weighted by molar-refractivity contribution is 6.22. The molecule has 3 aliphatic rings. The maximum absolute atomic E-state index is 14.1. The van der Waals surface area contributed by atoms with Crippen molar-refractivity contribution in [2.45, 2.75) is 6.42 Å². The lowest BCUT2D eigenvalue weighted by molar-refractivity contribution is -0.113. The average Bonchev–Trinajstić information content (AvgIpc) is 2.58. The second-order valence-electron chi connectivity index (χ2n) is 5.89. The fourth-order valence-corrected chi connectivity index (χ4v) is 3.03. The summed E-state index contributed by atoms with van der Waals surface area (Å²) in [5.41, 5.74) is 2.26. The SMILES string of the molecule is C=C1COc2ccc(N3C(=O)C=C(F)N4CCCN=C43)cc2N1C. The number of hydrogen-bond acceptors (Lipinski definition) is 5. The standard InChI is InChI=1S/C17H17FN4O2/c1-11-10-24-14-5-4-12(8-13(14)20(11)2)22-16(23)9-15(18)21-7-3-6-19-17(21)22/h4-5,8-9H,1,3,6-7,10H2,2H3. The number of aliphatic imine (C=N–C) groups is 1. The molecule has 0 radical (unpaired) electrons. The van der Waals surface area contributed by atoms with E-state index in [9.17, 15) is 9.18 Å². The van der Waals surface area contributed by atoms with E-state index in [1.54, 1.807) is 6.07 Å². The highest BCUT2D eigenvalue weighted by atomic mass is 19.1. The van der Waals surface area contributed by atoms with E-state index in [2.05, 4.69) is 11.6 Å². The van der Waals surface area contributed by atoms with Crippen molar-refractivity contribution in [1.82, 2.24) is 4.90 Å². The molecule has 0 bridgehead atoms. The third kappa shape index (κ3) is 2.16. The maximum Gasteiger partial charge on any atom is 0.262 e. The summed E-state index contributed by atoms with van der Waals surface area (Å²) in [7, 11) is 1.90. The molecule has 3 aliphatic heterocycles. The Labute approximate surface area is 139 Å². The molecule has 6 nitrogen and oxygen atoms in total. The quantitative estimate of drug-likeness (QED) is 0.742. The highest BCUT2D eigenvalue weighted by Crippen LogP contribution is 2.38. The fraction of sp³-hybridized carbons (Fsp3) is 0.294. The van der Waals surface area contributed by atoms with Gasteiger partial charge in [-0.25, -0.2) is 4.90 Å². The van der Waals surface area contributed by atoms with Crippen molar-refractivity contribution in [2.24, 2.45) is 4.99 Å². The number of hydrogen-bond donors (Lipinski definition) is 0. The minimum Gasteiger partial charge on any atom is -0.485 e. The van der Waals surface area contributed by atoms with Crippen LogP contribution in [0.5, 0.6) is 5.75 Å². The van der Waals surface area contributed by atoms with Gasteiger partial charge in [0.2, 0.25) is 11.9 Å². The molecule has 24 heavy (non-hydrogen) atoms. The first kappa shape index (κ1) is 14.7. The Hall–Kier alpha value is -2.83. The zero-order valence-corrected chi connectivity index (χ0v) is 13.3. The van der Waals surface area contributed by atoms with Gasteiger partial charge in [0.1, 0.15) is 12.4 Å². The largest absolute Gasteiger partial charge is 0.485 e. The smallest absolute Gasteiger partial charge is 0.262 e. The van der Waals surface area contributed by atoms with Crippen LogP contribution in [0.15, 0.2) is 47.5 Å². The van der Waals surface area contributed by atoms with Gasteiger partial charge in [0, 0.05) is 25.8 Å². The minimum atomic E-state index is -0.554. The summed E-state index contributed by atoms with van der Waals surface area (Å²) >= 11 is 0. The number of amides is 1. The van der Waals surface area contributed by atoms with Gasteiger partial charge in [-0.1, -0.05) is 6.58 Å². The molecule has 0 saturated carbocycles. The first-order chi connectivity index (χ1) is 11.6. The second kappa shape index (κ2) is 5.36. The third-order valence-corrected chi connectivity index (χ3v) is 4.39. The van der Waals surface area contributed by atoms with Gasteiger partial charge in [0.05, 0.1) is 17.5 Å². The van der Waals surface area contributed by atoms with Crippen LogP contribution in [0, 0.1) is 0 Å². The lowest BCUT2D eigenvalue weighted by Gasteiger charge is -2.37. The van der Waals surface area contributed by atoms with Gasteiger partial charge >= 0.3 is 0 Å². The molecule has 1 aromatic carbocycles. The van der Waals surface area contributed by atoms with Crippen LogP contribution in [0.1, 0.15) is 6.42 Å². The van der Waals surface area contributed by atoms with Gasteiger partial charge in [-0.15, -0.1) is 0 Å². The van der Waals surface area contributed by atoms with E-state index in [4.69, 9.17) is 4.74 Å². The van der Waals surface area contributed by atoms with Crippen molar-refractivity contribution in [3.63, 3.8) is 0 Å². The summed E-state index contributed by atoms with van der Waals surface area (Å²) in [4.78, 5) is 21.6. The van der Waals surface area contributed by atoms with E-state index in [0.717, 1.165) is 29.6 Å². The minimum absolute atomic E-state index is 0.337. The number of fused-ring (bicyclic) bond motifs is 2. The van der Waals surface area contributed by atoms with Gasteiger partial charge in [0.15, 0.2) is 0 Å². The van der Waals surface area contributed by atoms with Crippen molar-refractivity contribution < 1.29 is 13.9 Å². The lowest BCUT2D eigenvalue weighted by Crippen LogP contribution is -2.52. The molecule has 0 aromatic heterocycles. The predicted octanol–water partition coefficient (Wildman–Crippen LogP) is 2.25. The summed E-state index contributed by atoms with van der Waals surface area (Å²) in [6.07, 6.45) is 1.76. The number of benzene rings is 1. The van der Waals surface area contributed by atoms with E-state index in [1.165, 1.54) is 9.80 Å². The topological polar surface area (TPSA) is 48.4 Å². The van der Waals surface area contributed by atoms with Crippen LogP contribution < -0.4 is 14.5 Å². The van der Waals surface area contributed by atoms with E-state index in [1.807, 2.05) is 24.1 Å². The van der Waals surface area contributed by atoms with Crippen LogP contribution in [0.25, 0.3) is 0 Å². The van der Waals surface area contributed by atoms with Crippen LogP contribution in [-0.4, -0.2) is 43.5 Å². The first-order valence-electron chi connectivity index (χ1n) is 7.78. The number of likely N-dealkylation sites (N-methyl/N-ethyl adjacent to an activating group) is 1. The molecule has 4 rings (SSSR count). The number of carbonyl (C=O) groups excluding carboxylic acids is 1. The van der Waals surface area contributed by atoms with Crippen LogP contribution in [0.2, 0.25) is 0 Å². The van der Waals surface area contributed by atoms with E-state index < -0.39 is 11.9 Å². The van der Waals surface area contributed by atoms with Crippen molar-refractivity contribution in [3.05, 3.63) is 42.5 Å². The number of rotatable bonds is 1. The predicted molar refractivity (Wildman–Crippen MR) is 89.8 cm³/mol. The summed E-state index contributed by atoms with van der Waals surface area (Å²) in [6.45, 7) is 5.47. The molecular weight excluding hydrogens is 311 g/mol. The molecule has 0 spiro atoms. The number of anilines is 2. The molecule has 0 saturated heterocycles. The van der Waals surface area contributed by atoms with Gasteiger partial charge < -0.3 is 9.64 Å². The molecule has 0 N–H and O–H groups in total. The Bertz CT molecular complexity index is 802. The molecule has 3 heterocycles. The monoisotopic (exact) mass is 328 g/mol. The first-order valence-corrected chi connectivity index (χ1v) is 7.78. The summed E-state index contributed by atoms with van der Waals surface area (Å²) < 4.78 is 19.7. The van der Waals surface area contributed by atoms with E-state index in [-0.39, 0.29) is 0 Å². The lowest BCUT2D eigenvalue weighted by atomic mass is 10.1. The zero-order chi connectivity index (χ0) is 16.8. The van der Waals surface area contributed by atoms with Crippen molar-refractivity contribution in [1.29, 1.82) is 0 Å². The maximum atomic E-state index is 14.1. The summed E-state index contributed by atoms with van der Waals surface area (Å²) in [5, 5.41) is 0. The Morgan fingerprint density at radius 3 is 3.04 bits per heavy atom. The molecule has 124 valence electrons. The van der Waals surface area contributed by atoms with E-state index >= 15 is 0 Å². The molecule has 1 amide bonds. The molecule has 0 fully saturated rings. The molecule has 0 unspecified atom stereocenters. The van der Waals surface area contributed by atoms with E-state index in [0.29, 0.717) is 31.3 Å². The highest BCUT2D eigenvalue weighted by Gasteiger charge is 2.35. The summed E-state index contributed by atoms with van der Waals surface area (Å²) in [6, 6.07) is 5.43. The third-order valence-electron chi connectivity index (χ3n) is 4.39. The molecule has 0 aliphatic carbocycles. The number of guanidine groups is 1. The number of carbonyl (C=O) groups is 1. The number of nitrogens with zero attached hydrogens (tertiary/aromatic N) is 4. The van der Waals surface area contributed by atoms with Crippen molar-refractivity contribution in [2.75, 3.05) is 36.5 Å². The summed E-state index contributed by atoms with van der Waals surface area (Å²) in [5.74, 6) is 0.0655. The molecule has 0 atom stereocenters. The Balaban J connectivity index is 1.79. The van der Waals surface area contributed by atoms with Gasteiger partial charge in [0.25, 0.3) is 5.91 Å². The van der Waals surface area contributed by atoms with Crippen LogP contribution in [0.4, 0.5) is 15.8 Å². The molecule has 7 heteroatoms. The van der Waals surface area contributed by atoms with Crippen molar-refractivity contribution >= 4 is 23.2 Å². The average molecular weight is 328 g/mol. The Morgan fingerprint density at radius 2 is 2.21 bits per heavy atom. The zero-order valence-electron chi connectivity index (χ0n) is 13.3.